The first-order valence-corrected chi connectivity index (χ1v) is 5.61. The fourth-order valence-corrected chi connectivity index (χ4v) is 1.74. The van der Waals surface area contributed by atoms with Gasteiger partial charge in [0, 0.05) is 13.0 Å². The number of unbranched alkanes of at least 4 members (excludes halogenated alkanes) is 1. The molecule has 4 nitrogen and oxygen atoms in total. The molecule has 82 valence electrons. The second-order valence-electron chi connectivity index (χ2n) is 3.08. The molecule has 0 saturated carbocycles. The summed E-state index contributed by atoms with van der Waals surface area (Å²) in [6.07, 6.45) is 1.46. The molecule has 1 rings (SSSR count). The molecule has 1 heterocycles. The van der Waals surface area contributed by atoms with E-state index in [0.29, 0.717) is 24.3 Å². The lowest BCUT2D eigenvalue weighted by atomic mass is 10.2. The molecule has 1 aromatic rings. The lowest BCUT2D eigenvalue weighted by Gasteiger charge is -2.01. The van der Waals surface area contributed by atoms with E-state index in [1.54, 1.807) is 6.07 Å². The Kier molecular flexibility index (Phi) is 4.83. The van der Waals surface area contributed by atoms with Crippen LogP contribution in [0.5, 0.6) is 0 Å². The van der Waals surface area contributed by atoms with Crippen molar-refractivity contribution in [1.29, 1.82) is 0 Å². The summed E-state index contributed by atoms with van der Waals surface area (Å²) in [5.41, 5.74) is 0. The monoisotopic (exact) mass is 227 g/mol. The maximum absolute atomic E-state index is 11.4. The molecule has 0 unspecified atom stereocenters. The third-order valence-corrected chi connectivity index (χ3v) is 2.72. The van der Waals surface area contributed by atoms with E-state index in [-0.39, 0.29) is 12.3 Å². The Balaban J connectivity index is 2.10. The van der Waals surface area contributed by atoms with Crippen molar-refractivity contribution in [3.8, 4) is 0 Å². The highest BCUT2D eigenvalue weighted by molar-refractivity contribution is 7.12. The van der Waals surface area contributed by atoms with E-state index in [4.69, 9.17) is 5.11 Å². The van der Waals surface area contributed by atoms with Crippen LogP contribution in [-0.2, 0) is 4.79 Å². The first kappa shape index (κ1) is 11.7. The summed E-state index contributed by atoms with van der Waals surface area (Å²) >= 11 is 1.39. The number of hydrogen-bond acceptors (Lipinski definition) is 3. The average Bonchev–Trinajstić information content (AvgIpc) is 2.69. The van der Waals surface area contributed by atoms with E-state index < -0.39 is 5.97 Å². The largest absolute Gasteiger partial charge is 0.481 e. The fraction of sp³-hybridized carbons (Fsp3) is 0.400. The van der Waals surface area contributed by atoms with Crippen molar-refractivity contribution in [2.24, 2.45) is 0 Å². The molecule has 0 aliphatic rings. The maximum atomic E-state index is 11.4. The standard InChI is InChI=1S/C10H13NO3S/c12-9(13)5-1-2-6-11-10(14)8-4-3-7-15-8/h3-4,7H,1-2,5-6H2,(H,11,14)(H,12,13). The molecular formula is C10H13NO3S. The highest BCUT2D eigenvalue weighted by Crippen LogP contribution is 2.07. The predicted molar refractivity (Wildman–Crippen MR) is 58.1 cm³/mol. The predicted octanol–water partition coefficient (Wildman–Crippen LogP) is 1.73. The highest BCUT2D eigenvalue weighted by atomic mass is 32.1. The van der Waals surface area contributed by atoms with Crippen molar-refractivity contribution in [2.45, 2.75) is 19.3 Å². The van der Waals surface area contributed by atoms with Crippen LogP contribution in [0.2, 0.25) is 0 Å². The van der Waals surface area contributed by atoms with Crippen LogP contribution in [0.25, 0.3) is 0 Å². The normalized spacial score (nSPS) is 9.87. The van der Waals surface area contributed by atoms with Gasteiger partial charge in [-0.3, -0.25) is 9.59 Å². The Morgan fingerprint density at radius 2 is 2.20 bits per heavy atom. The molecule has 1 amide bonds. The van der Waals surface area contributed by atoms with Gasteiger partial charge in [0.15, 0.2) is 0 Å². The van der Waals surface area contributed by atoms with Gasteiger partial charge >= 0.3 is 5.97 Å². The van der Waals surface area contributed by atoms with E-state index in [0.717, 1.165) is 0 Å². The van der Waals surface area contributed by atoms with E-state index in [9.17, 15) is 9.59 Å². The molecule has 0 saturated heterocycles. The van der Waals surface area contributed by atoms with E-state index in [1.807, 2.05) is 11.4 Å². The van der Waals surface area contributed by atoms with Gasteiger partial charge in [-0.2, -0.15) is 0 Å². The van der Waals surface area contributed by atoms with Crippen molar-refractivity contribution in [3.05, 3.63) is 22.4 Å². The smallest absolute Gasteiger partial charge is 0.303 e. The fourth-order valence-electron chi connectivity index (χ4n) is 1.10. The number of carbonyl (C=O) groups is 2. The lowest BCUT2D eigenvalue weighted by molar-refractivity contribution is -0.137. The average molecular weight is 227 g/mol. The second kappa shape index (κ2) is 6.19. The van der Waals surface area contributed by atoms with Gasteiger partial charge in [-0.25, -0.2) is 0 Å². The molecular weight excluding hydrogens is 214 g/mol. The number of nitrogens with one attached hydrogen (secondary N) is 1. The van der Waals surface area contributed by atoms with Crippen molar-refractivity contribution >= 4 is 23.2 Å². The molecule has 0 aliphatic carbocycles. The maximum Gasteiger partial charge on any atom is 0.303 e. The second-order valence-corrected chi connectivity index (χ2v) is 4.03. The summed E-state index contributed by atoms with van der Waals surface area (Å²) in [5, 5.41) is 13.0. The van der Waals surface area contributed by atoms with Crippen molar-refractivity contribution < 1.29 is 14.7 Å². The first-order chi connectivity index (χ1) is 7.20. The number of carbonyl (C=O) groups excluding carboxylic acids is 1. The Labute approximate surface area is 91.9 Å². The SMILES string of the molecule is O=C(O)CCCCNC(=O)c1cccs1. The zero-order chi connectivity index (χ0) is 11.1. The molecule has 15 heavy (non-hydrogen) atoms. The molecule has 5 heteroatoms. The van der Waals surface area contributed by atoms with Crippen LogP contribution in [0.1, 0.15) is 28.9 Å². The minimum absolute atomic E-state index is 0.0830. The minimum Gasteiger partial charge on any atom is -0.481 e. The van der Waals surface area contributed by atoms with Crippen LogP contribution in [0.4, 0.5) is 0 Å². The number of amides is 1. The number of hydrogen-bond donors (Lipinski definition) is 2. The number of thiophene rings is 1. The van der Waals surface area contributed by atoms with Gasteiger partial charge in [-0.15, -0.1) is 11.3 Å². The van der Waals surface area contributed by atoms with Crippen molar-refractivity contribution in [2.75, 3.05) is 6.54 Å². The molecule has 0 fully saturated rings. The summed E-state index contributed by atoms with van der Waals surface area (Å²) in [4.78, 5) is 22.3. The Hall–Kier alpha value is -1.36. The molecule has 0 aromatic carbocycles. The van der Waals surface area contributed by atoms with Gasteiger partial charge in [0.05, 0.1) is 4.88 Å². The highest BCUT2D eigenvalue weighted by Gasteiger charge is 2.04. The molecule has 1 aromatic heterocycles. The van der Waals surface area contributed by atoms with E-state index in [2.05, 4.69) is 5.32 Å². The van der Waals surface area contributed by atoms with Crippen LogP contribution >= 0.6 is 11.3 Å². The minimum atomic E-state index is -0.792. The van der Waals surface area contributed by atoms with Gasteiger partial charge in [-0.05, 0) is 24.3 Å². The summed E-state index contributed by atoms with van der Waals surface area (Å²) in [6, 6.07) is 3.58. The topological polar surface area (TPSA) is 66.4 Å². The van der Waals surface area contributed by atoms with E-state index in [1.165, 1.54) is 11.3 Å². The molecule has 0 radical (unpaired) electrons. The summed E-state index contributed by atoms with van der Waals surface area (Å²) in [5.74, 6) is -0.875. The number of rotatable bonds is 6. The molecule has 0 aliphatic heterocycles. The number of carboxylic acid groups (broad SMARTS) is 1. The third-order valence-electron chi connectivity index (χ3n) is 1.85. The van der Waals surface area contributed by atoms with Crippen LogP contribution in [0.3, 0.4) is 0 Å². The Bertz CT molecular complexity index is 321. The van der Waals surface area contributed by atoms with Gasteiger partial charge in [0.25, 0.3) is 5.91 Å². The summed E-state index contributed by atoms with van der Waals surface area (Å²) < 4.78 is 0. The first-order valence-electron chi connectivity index (χ1n) is 4.73. The lowest BCUT2D eigenvalue weighted by Crippen LogP contribution is -2.23. The number of aliphatic carboxylic acids is 1. The Morgan fingerprint density at radius 1 is 1.40 bits per heavy atom. The molecule has 2 N–H and O–H groups in total. The van der Waals surface area contributed by atoms with Gasteiger partial charge in [0.1, 0.15) is 0 Å². The summed E-state index contributed by atoms with van der Waals surface area (Å²) in [7, 11) is 0. The zero-order valence-corrected chi connectivity index (χ0v) is 9.05. The quantitative estimate of drug-likeness (QED) is 0.727. The van der Waals surface area contributed by atoms with Gasteiger partial charge < -0.3 is 10.4 Å². The van der Waals surface area contributed by atoms with Crippen molar-refractivity contribution in [3.63, 3.8) is 0 Å². The van der Waals surface area contributed by atoms with Crippen molar-refractivity contribution in [1.82, 2.24) is 5.32 Å². The number of carboxylic acids is 1. The van der Waals surface area contributed by atoms with Crippen LogP contribution in [0.15, 0.2) is 17.5 Å². The van der Waals surface area contributed by atoms with Crippen LogP contribution in [0, 0.1) is 0 Å². The Morgan fingerprint density at radius 3 is 2.80 bits per heavy atom. The van der Waals surface area contributed by atoms with Crippen LogP contribution in [-0.4, -0.2) is 23.5 Å². The van der Waals surface area contributed by atoms with E-state index >= 15 is 0 Å². The molecule has 0 atom stereocenters. The molecule has 0 spiro atoms. The van der Waals surface area contributed by atoms with Gasteiger partial charge in [0.2, 0.25) is 0 Å². The third kappa shape index (κ3) is 4.60. The zero-order valence-electron chi connectivity index (χ0n) is 8.23. The van der Waals surface area contributed by atoms with Gasteiger partial charge in [-0.1, -0.05) is 6.07 Å². The summed E-state index contributed by atoms with van der Waals surface area (Å²) in [6.45, 7) is 0.532. The molecule has 0 bridgehead atoms. The van der Waals surface area contributed by atoms with Crippen LogP contribution < -0.4 is 5.32 Å².